The molecule has 0 aliphatic carbocycles. The fourth-order valence-electron chi connectivity index (χ4n) is 4.41. The molecular weight excluding hydrogens is 432 g/mol. The standard InChI is InChI=1S/C25H28N6O3/c1-28(2)20-10-6-9-19(15-20)24(32)29-11-13-30(14-12-29)25(33)23-21-17-34-22(16-31(21)27-26-23)18-7-4-3-5-8-18/h3-10,15,22H,11-14,16-17H2,1-2H3/t22-/m0/s1. The SMILES string of the molecule is CN(C)c1cccc(C(=O)N2CCN(C(=O)c3nnn4c3CO[C@H](c3ccccc3)C4)CC2)c1. The van der Waals surface area contributed by atoms with Crippen LogP contribution in [0.2, 0.25) is 0 Å². The Bertz CT molecular complexity index is 1180. The quantitative estimate of drug-likeness (QED) is 0.594. The minimum absolute atomic E-state index is 0.0165. The van der Waals surface area contributed by atoms with Gasteiger partial charge < -0.3 is 19.4 Å². The van der Waals surface area contributed by atoms with Crippen molar-refractivity contribution in [3.05, 3.63) is 77.1 Å². The third-order valence-corrected chi connectivity index (χ3v) is 6.44. The van der Waals surface area contributed by atoms with Gasteiger partial charge in [-0.15, -0.1) is 5.10 Å². The first kappa shape index (κ1) is 22.1. The number of nitrogens with zero attached hydrogens (tertiary/aromatic N) is 6. The minimum atomic E-state index is -0.162. The van der Waals surface area contributed by atoms with Gasteiger partial charge >= 0.3 is 0 Å². The van der Waals surface area contributed by atoms with E-state index in [0.717, 1.165) is 11.3 Å². The highest BCUT2D eigenvalue weighted by Crippen LogP contribution is 2.27. The largest absolute Gasteiger partial charge is 0.378 e. The Morgan fingerprint density at radius 2 is 1.65 bits per heavy atom. The van der Waals surface area contributed by atoms with E-state index in [4.69, 9.17) is 4.74 Å². The molecule has 5 rings (SSSR count). The summed E-state index contributed by atoms with van der Waals surface area (Å²) in [6, 6.07) is 17.6. The van der Waals surface area contributed by atoms with E-state index >= 15 is 0 Å². The van der Waals surface area contributed by atoms with Gasteiger partial charge in [-0.2, -0.15) is 0 Å². The van der Waals surface area contributed by atoms with Crippen molar-refractivity contribution in [3.8, 4) is 0 Å². The first-order valence-corrected chi connectivity index (χ1v) is 11.5. The van der Waals surface area contributed by atoms with Crippen LogP contribution in [0.15, 0.2) is 54.6 Å². The van der Waals surface area contributed by atoms with E-state index in [0.29, 0.717) is 49.7 Å². The van der Waals surface area contributed by atoms with Gasteiger partial charge in [-0.05, 0) is 23.8 Å². The maximum atomic E-state index is 13.2. The molecule has 3 aromatic rings. The number of aromatic nitrogens is 3. The zero-order valence-electron chi connectivity index (χ0n) is 19.4. The zero-order valence-corrected chi connectivity index (χ0v) is 19.4. The Kier molecular flexibility index (Phi) is 6.02. The maximum Gasteiger partial charge on any atom is 0.276 e. The van der Waals surface area contributed by atoms with Gasteiger partial charge in [0, 0.05) is 51.5 Å². The number of hydrogen-bond acceptors (Lipinski definition) is 6. The second-order valence-corrected chi connectivity index (χ2v) is 8.81. The zero-order chi connectivity index (χ0) is 23.7. The van der Waals surface area contributed by atoms with Crippen molar-refractivity contribution in [2.24, 2.45) is 0 Å². The predicted molar refractivity (Wildman–Crippen MR) is 127 cm³/mol. The van der Waals surface area contributed by atoms with Crippen molar-refractivity contribution in [2.45, 2.75) is 19.3 Å². The van der Waals surface area contributed by atoms with Crippen molar-refractivity contribution >= 4 is 17.5 Å². The van der Waals surface area contributed by atoms with Gasteiger partial charge in [-0.25, -0.2) is 4.68 Å². The van der Waals surface area contributed by atoms with Crippen LogP contribution in [-0.4, -0.2) is 76.9 Å². The number of fused-ring (bicyclic) bond motifs is 1. The molecule has 9 nitrogen and oxygen atoms in total. The molecule has 0 N–H and O–H groups in total. The molecule has 0 radical (unpaired) electrons. The molecule has 0 bridgehead atoms. The first-order chi connectivity index (χ1) is 16.5. The van der Waals surface area contributed by atoms with E-state index in [-0.39, 0.29) is 24.5 Å². The van der Waals surface area contributed by atoms with Gasteiger partial charge in [0.15, 0.2) is 5.69 Å². The van der Waals surface area contributed by atoms with Crippen molar-refractivity contribution in [3.63, 3.8) is 0 Å². The van der Waals surface area contributed by atoms with Crippen molar-refractivity contribution in [1.29, 1.82) is 0 Å². The second kappa shape index (κ2) is 9.26. The lowest BCUT2D eigenvalue weighted by atomic mass is 10.1. The molecule has 1 aromatic heterocycles. The van der Waals surface area contributed by atoms with E-state index in [9.17, 15) is 9.59 Å². The molecule has 176 valence electrons. The third kappa shape index (κ3) is 4.26. The first-order valence-electron chi connectivity index (χ1n) is 11.5. The van der Waals surface area contributed by atoms with Crippen LogP contribution in [-0.2, 0) is 17.9 Å². The number of benzene rings is 2. The lowest BCUT2D eigenvalue weighted by Crippen LogP contribution is -2.50. The summed E-state index contributed by atoms with van der Waals surface area (Å²) in [7, 11) is 3.90. The van der Waals surface area contributed by atoms with E-state index < -0.39 is 0 Å². The molecule has 1 atom stereocenters. The summed E-state index contributed by atoms with van der Waals surface area (Å²) >= 11 is 0. The molecule has 1 saturated heterocycles. The van der Waals surface area contributed by atoms with Gasteiger partial charge in [-0.3, -0.25) is 9.59 Å². The number of rotatable bonds is 4. The molecule has 2 amide bonds. The molecule has 0 unspecified atom stereocenters. The molecule has 2 aliphatic rings. The van der Waals surface area contributed by atoms with Gasteiger partial charge in [-0.1, -0.05) is 41.6 Å². The van der Waals surface area contributed by atoms with Crippen LogP contribution in [0, 0.1) is 0 Å². The fraction of sp³-hybridized carbons (Fsp3) is 0.360. The summed E-state index contributed by atoms with van der Waals surface area (Å²) in [6.45, 7) is 2.68. The number of piperazine rings is 1. The Hall–Kier alpha value is -3.72. The molecule has 2 aromatic carbocycles. The number of hydrogen-bond donors (Lipinski definition) is 0. The highest BCUT2D eigenvalue weighted by Gasteiger charge is 2.32. The highest BCUT2D eigenvalue weighted by molar-refractivity contribution is 5.96. The monoisotopic (exact) mass is 460 g/mol. The summed E-state index contributed by atoms with van der Waals surface area (Å²) in [5, 5.41) is 8.41. The fourth-order valence-corrected chi connectivity index (χ4v) is 4.41. The lowest BCUT2D eigenvalue weighted by molar-refractivity contribution is -0.00202. The van der Waals surface area contributed by atoms with E-state index in [1.807, 2.05) is 73.6 Å². The number of ether oxygens (including phenoxy) is 1. The molecule has 0 spiro atoms. The van der Waals surface area contributed by atoms with Crippen molar-refractivity contribution in [2.75, 3.05) is 45.2 Å². The van der Waals surface area contributed by atoms with Crippen LogP contribution < -0.4 is 4.90 Å². The average Bonchev–Trinajstić information content (AvgIpc) is 3.32. The number of amides is 2. The summed E-state index contributed by atoms with van der Waals surface area (Å²) in [5.41, 5.74) is 3.76. The Morgan fingerprint density at radius 1 is 0.941 bits per heavy atom. The summed E-state index contributed by atoms with van der Waals surface area (Å²) in [5.74, 6) is -0.179. The molecular formula is C25H28N6O3. The summed E-state index contributed by atoms with van der Waals surface area (Å²) in [4.78, 5) is 31.7. The molecule has 3 heterocycles. The predicted octanol–water partition coefficient (Wildman–Crippen LogP) is 2.21. The van der Waals surface area contributed by atoms with Crippen LogP contribution in [0.3, 0.4) is 0 Å². The molecule has 2 aliphatic heterocycles. The topological polar surface area (TPSA) is 83.8 Å². The maximum absolute atomic E-state index is 13.2. The molecule has 0 saturated carbocycles. The van der Waals surface area contributed by atoms with Gasteiger partial charge in [0.25, 0.3) is 11.8 Å². The van der Waals surface area contributed by atoms with Crippen molar-refractivity contribution in [1.82, 2.24) is 24.8 Å². The van der Waals surface area contributed by atoms with Gasteiger partial charge in [0.2, 0.25) is 0 Å². The van der Waals surface area contributed by atoms with Crippen LogP contribution in [0.1, 0.15) is 38.2 Å². The molecule has 34 heavy (non-hydrogen) atoms. The van der Waals surface area contributed by atoms with Crippen LogP contribution in [0.5, 0.6) is 0 Å². The van der Waals surface area contributed by atoms with E-state index in [2.05, 4.69) is 10.3 Å². The second-order valence-electron chi connectivity index (χ2n) is 8.81. The Morgan fingerprint density at radius 3 is 2.35 bits per heavy atom. The van der Waals surface area contributed by atoms with Crippen LogP contribution in [0.25, 0.3) is 0 Å². The molecule has 1 fully saturated rings. The average molecular weight is 461 g/mol. The minimum Gasteiger partial charge on any atom is -0.378 e. The highest BCUT2D eigenvalue weighted by atomic mass is 16.5. The third-order valence-electron chi connectivity index (χ3n) is 6.44. The number of carbonyl (C=O) groups excluding carboxylic acids is 2. The van der Waals surface area contributed by atoms with Gasteiger partial charge in [0.1, 0.15) is 6.10 Å². The molecule has 9 heteroatoms. The Labute approximate surface area is 198 Å². The Balaban J connectivity index is 1.22. The summed E-state index contributed by atoms with van der Waals surface area (Å²) < 4.78 is 7.79. The summed E-state index contributed by atoms with van der Waals surface area (Å²) in [6.07, 6.45) is -0.112. The van der Waals surface area contributed by atoms with Crippen LogP contribution >= 0.6 is 0 Å². The normalized spacial score (nSPS) is 17.9. The van der Waals surface area contributed by atoms with E-state index in [1.54, 1.807) is 14.5 Å². The number of anilines is 1. The van der Waals surface area contributed by atoms with E-state index in [1.165, 1.54) is 0 Å². The van der Waals surface area contributed by atoms with Crippen molar-refractivity contribution < 1.29 is 14.3 Å². The lowest BCUT2D eigenvalue weighted by Gasteiger charge is -2.34. The number of carbonyl (C=O) groups is 2. The van der Waals surface area contributed by atoms with Crippen LogP contribution in [0.4, 0.5) is 5.69 Å². The smallest absolute Gasteiger partial charge is 0.276 e. The van der Waals surface area contributed by atoms with Gasteiger partial charge in [0.05, 0.1) is 18.8 Å².